The largest absolute Gasteiger partial charge is 0.228 e. The lowest BCUT2D eigenvalue weighted by molar-refractivity contribution is 0.754. The normalized spacial score (nSPS) is 14.4. The van der Waals surface area contributed by atoms with Crippen LogP contribution in [-0.4, -0.2) is 24.9 Å². The van der Waals surface area contributed by atoms with Crippen molar-refractivity contribution in [1.29, 1.82) is 0 Å². The van der Waals surface area contributed by atoms with E-state index in [1.54, 1.807) is 0 Å². The van der Waals surface area contributed by atoms with E-state index >= 15 is 0 Å². The third-order valence-electron chi connectivity index (χ3n) is 13.3. The van der Waals surface area contributed by atoms with Gasteiger partial charge < -0.3 is 0 Å². The standard InChI is InChI=1S/C61H39N5/c1-4-15-41(16-5-1)58-62-54(40-27-24-39(25-28-40)45-29-26-38-14-10-11-21-44(38)34-45)37-55(63-58)46-30-32-50-52(35-46)56-48-22-12-13-23-49(48)57(50)53-36-47(31-33-51(53)56)61-65-59(42-17-6-2-7-18-42)64-60(66-61)43-19-8-3-9-20-43/h1-37,56-57H. The fraction of sp³-hybridized carbons (Fsp3) is 0.0328. The summed E-state index contributed by atoms with van der Waals surface area (Å²) in [5.41, 5.74) is 18.0. The summed E-state index contributed by atoms with van der Waals surface area (Å²) < 4.78 is 0. The predicted molar refractivity (Wildman–Crippen MR) is 266 cm³/mol. The maximum Gasteiger partial charge on any atom is 0.164 e. The Balaban J connectivity index is 0.904. The number of nitrogens with zero attached hydrogens (tertiary/aromatic N) is 5. The molecule has 2 aromatic heterocycles. The molecule has 3 aliphatic carbocycles. The van der Waals surface area contributed by atoms with Gasteiger partial charge in [0.25, 0.3) is 0 Å². The van der Waals surface area contributed by atoms with Gasteiger partial charge in [-0.25, -0.2) is 24.9 Å². The molecule has 0 aliphatic heterocycles. The Morgan fingerprint density at radius 3 is 1.18 bits per heavy atom. The highest BCUT2D eigenvalue weighted by Crippen LogP contribution is 2.56. The maximum atomic E-state index is 5.27. The fourth-order valence-electron chi connectivity index (χ4n) is 10.1. The zero-order chi connectivity index (χ0) is 43.6. The van der Waals surface area contributed by atoms with Crippen LogP contribution in [0.15, 0.2) is 224 Å². The van der Waals surface area contributed by atoms with Crippen LogP contribution in [0.1, 0.15) is 45.2 Å². The predicted octanol–water partition coefficient (Wildman–Crippen LogP) is 14.5. The summed E-state index contributed by atoms with van der Waals surface area (Å²) in [5, 5.41) is 2.47. The van der Waals surface area contributed by atoms with Crippen LogP contribution in [0.25, 0.3) is 90.0 Å². The van der Waals surface area contributed by atoms with Gasteiger partial charge in [-0.05, 0) is 79.5 Å². The molecule has 0 saturated carbocycles. The van der Waals surface area contributed by atoms with Crippen LogP contribution in [0.2, 0.25) is 0 Å². The van der Waals surface area contributed by atoms with E-state index in [9.17, 15) is 0 Å². The first-order valence-electron chi connectivity index (χ1n) is 22.5. The van der Waals surface area contributed by atoms with E-state index in [0.717, 1.165) is 44.8 Å². The van der Waals surface area contributed by atoms with Gasteiger partial charge in [0.15, 0.2) is 23.3 Å². The minimum Gasteiger partial charge on any atom is -0.228 e. The molecule has 0 amide bonds. The molecule has 3 aliphatic rings. The van der Waals surface area contributed by atoms with E-state index in [-0.39, 0.29) is 11.8 Å². The second-order valence-electron chi connectivity index (χ2n) is 17.2. The Morgan fingerprint density at radius 1 is 0.212 bits per heavy atom. The summed E-state index contributed by atoms with van der Waals surface area (Å²) in [6.07, 6.45) is 0. The van der Waals surface area contributed by atoms with Crippen LogP contribution < -0.4 is 0 Å². The Hall–Kier alpha value is -8.67. The minimum atomic E-state index is 0.0520. The van der Waals surface area contributed by atoms with Gasteiger partial charge in [-0.1, -0.05) is 200 Å². The Bertz CT molecular complexity index is 3590. The average Bonchev–Trinajstić information content (AvgIpc) is 3.40. The number of rotatable bonds is 7. The second kappa shape index (κ2) is 15.5. The molecule has 2 bridgehead atoms. The molecule has 0 saturated heterocycles. The molecule has 2 atom stereocenters. The third kappa shape index (κ3) is 6.51. The van der Waals surface area contributed by atoms with Crippen molar-refractivity contribution in [1.82, 2.24) is 24.9 Å². The zero-order valence-corrected chi connectivity index (χ0v) is 35.8. The topological polar surface area (TPSA) is 64.5 Å². The molecule has 11 aromatic rings. The first-order chi connectivity index (χ1) is 32.7. The van der Waals surface area contributed by atoms with Crippen LogP contribution >= 0.6 is 0 Å². The first-order valence-corrected chi connectivity index (χ1v) is 22.5. The van der Waals surface area contributed by atoms with Crippen LogP contribution in [-0.2, 0) is 0 Å². The molecule has 0 fully saturated rings. The van der Waals surface area contributed by atoms with Crippen molar-refractivity contribution in [2.24, 2.45) is 0 Å². The minimum absolute atomic E-state index is 0.0520. The van der Waals surface area contributed by atoms with Gasteiger partial charge in [-0.15, -0.1) is 0 Å². The highest BCUT2D eigenvalue weighted by molar-refractivity contribution is 5.88. The van der Waals surface area contributed by atoms with E-state index < -0.39 is 0 Å². The third-order valence-corrected chi connectivity index (χ3v) is 13.3. The van der Waals surface area contributed by atoms with Crippen molar-refractivity contribution >= 4 is 10.8 Å². The zero-order valence-electron chi connectivity index (χ0n) is 35.8. The maximum absolute atomic E-state index is 5.27. The second-order valence-corrected chi connectivity index (χ2v) is 17.2. The summed E-state index contributed by atoms with van der Waals surface area (Å²) in [6.45, 7) is 0. The summed E-state index contributed by atoms with van der Waals surface area (Å²) in [6, 6.07) is 79.4. The van der Waals surface area contributed by atoms with Crippen LogP contribution in [0.3, 0.4) is 0 Å². The van der Waals surface area contributed by atoms with Gasteiger partial charge in [-0.3, -0.25) is 0 Å². The van der Waals surface area contributed by atoms with E-state index in [1.165, 1.54) is 55.3 Å². The lowest BCUT2D eigenvalue weighted by Crippen LogP contribution is -2.27. The lowest BCUT2D eigenvalue weighted by Gasteiger charge is -2.42. The summed E-state index contributed by atoms with van der Waals surface area (Å²) in [7, 11) is 0. The van der Waals surface area contributed by atoms with Gasteiger partial charge in [-0.2, -0.15) is 0 Å². The van der Waals surface area contributed by atoms with Gasteiger partial charge in [0, 0.05) is 45.2 Å². The van der Waals surface area contributed by atoms with E-state index in [4.69, 9.17) is 24.9 Å². The van der Waals surface area contributed by atoms with Gasteiger partial charge in [0.2, 0.25) is 0 Å². The van der Waals surface area contributed by atoms with Crippen molar-refractivity contribution in [2.75, 3.05) is 0 Å². The average molecular weight is 842 g/mol. The van der Waals surface area contributed by atoms with Crippen LogP contribution in [0, 0.1) is 0 Å². The van der Waals surface area contributed by atoms with Gasteiger partial charge in [0.05, 0.1) is 11.4 Å². The van der Waals surface area contributed by atoms with Gasteiger partial charge >= 0.3 is 0 Å². The molecular formula is C61H39N5. The molecule has 0 N–H and O–H groups in total. The molecule has 0 spiro atoms. The Kier molecular flexibility index (Phi) is 8.91. The first kappa shape index (κ1) is 37.8. The Labute approximate surface area is 382 Å². The summed E-state index contributed by atoms with van der Waals surface area (Å²) >= 11 is 0. The van der Waals surface area contributed by atoms with Crippen molar-refractivity contribution in [2.45, 2.75) is 11.8 Å². The van der Waals surface area contributed by atoms with Crippen molar-refractivity contribution in [3.8, 4) is 79.2 Å². The number of aromatic nitrogens is 5. The summed E-state index contributed by atoms with van der Waals surface area (Å²) in [4.78, 5) is 25.6. The summed E-state index contributed by atoms with van der Waals surface area (Å²) in [5.74, 6) is 2.78. The molecule has 5 nitrogen and oxygen atoms in total. The number of hydrogen-bond acceptors (Lipinski definition) is 5. The van der Waals surface area contributed by atoms with Gasteiger partial charge in [0.1, 0.15) is 0 Å². The molecule has 2 heterocycles. The molecule has 0 radical (unpaired) electrons. The molecular weight excluding hydrogens is 803 g/mol. The highest BCUT2D eigenvalue weighted by atomic mass is 15.0. The van der Waals surface area contributed by atoms with Crippen molar-refractivity contribution < 1.29 is 0 Å². The number of hydrogen-bond donors (Lipinski definition) is 0. The molecule has 66 heavy (non-hydrogen) atoms. The Morgan fingerprint density at radius 2 is 0.606 bits per heavy atom. The van der Waals surface area contributed by atoms with Crippen LogP contribution in [0.5, 0.6) is 0 Å². The van der Waals surface area contributed by atoms with E-state index in [0.29, 0.717) is 23.3 Å². The van der Waals surface area contributed by atoms with Crippen molar-refractivity contribution in [3.63, 3.8) is 0 Å². The smallest absolute Gasteiger partial charge is 0.164 e. The molecule has 308 valence electrons. The highest BCUT2D eigenvalue weighted by Gasteiger charge is 2.41. The fourth-order valence-corrected chi connectivity index (χ4v) is 10.1. The SMILES string of the molecule is c1ccc(-c2nc(-c3ccc(-c4ccc5ccccc5c4)cc3)cc(-c3ccc4c(c3)C3c5ccccc5C4c4cc(-c5nc(-c6ccccc6)nc(-c6ccccc6)n5)ccc43)n2)cc1. The quantitative estimate of drug-likeness (QED) is 0.160. The van der Waals surface area contributed by atoms with Crippen molar-refractivity contribution in [3.05, 3.63) is 258 Å². The number of benzene rings is 9. The molecule has 14 rings (SSSR count). The monoisotopic (exact) mass is 841 g/mol. The molecule has 5 heteroatoms. The van der Waals surface area contributed by atoms with E-state index in [2.05, 4.69) is 170 Å². The molecule has 2 unspecified atom stereocenters. The van der Waals surface area contributed by atoms with Crippen LogP contribution in [0.4, 0.5) is 0 Å². The molecule has 9 aromatic carbocycles. The lowest BCUT2D eigenvalue weighted by atomic mass is 9.60. The number of fused-ring (bicyclic) bond motifs is 1. The van der Waals surface area contributed by atoms with E-state index in [1.807, 2.05) is 54.6 Å².